The monoisotopic (exact) mass is 622 g/mol. The Morgan fingerprint density at radius 3 is 2.77 bits per heavy atom. The Hall–Kier alpha value is -3.94. The van der Waals surface area contributed by atoms with Crippen LogP contribution in [0, 0.1) is 5.92 Å². The first-order valence-electron chi connectivity index (χ1n) is 14.0. The van der Waals surface area contributed by atoms with E-state index in [1.807, 2.05) is 30.3 Å². The zero-order valence-corrected chi connectivity index (χ0v) is 25.8. The Labute approximate surface area is 256 Å². The van der Waals surface area contributed by atoms with Gasteiger partial charge in [0, 0.05) is 25.1 Å². The van der Waals surface area contributed by atoms with Gasteiger partial charge < -0.3 is 15.4 Å². The molecule has 4 aromatic rings. The lowest BCUT2D eigenvalue weighted by Gasteiger charge is -2.24. The number of benzene rings is 1. The summed E-state index contributed by atoms with van der Waals surface area (Å²) in [6, 6.07) is 9.18. The predicted octanol–water partition coefficient (Wildman–Crippen LogP) is 3.02. The highest BCUT2D eigenvalue weighted by atomic mass is 32.2. The second kappa shape index (κ2) is 13.1. The highest BCUT2D eigenvalue weighted by Gasteiger charge is 2.27. The number of nitrogens with one attached hydrogen (secondary N) is 1. The van der Waals surface area contributed by atoms with Gasteiger partial charge in [0.25, 0.3) is 11.1 Å². The van der Waals surface area contributed by atoms with Crippen LogP contribution in [0.25, 0.3) is 10.2 Å². The number of allylic oxidation sites excluding steroid dienone is 1. The average Bonchev–Trinajstić information content (AvgIpc) is 3.35. The van der Waals surface area contributed by atoms with Crippen molar-refractivity contribution in [2.24, 2.45) is 5.92 Å². The van der Waals surface area contributed by atoms with Crippen LogP contribution >= 0.6 is 23.1 Å². The minimum absolute atomic E-state index is 0.0223. The number of thioether (sulfide) groups is 1. The number of nitrogens with two attached hydrogens (primary N) is 1. The largest absolute Gasteiger partial charge is 0.383 e. The maximum atomic E-state index is 13.7. The molecular weight excluding hydrogens is 589 g/mol. The van der Waals surface area contributed by atoms with Crippen molar-refractivity contribution in [3.05, 3.63) is 90.2 Å². The number of aromatic amines is 1. The molecule has 0 radical (unpaired) electrons. The molecule has 0 saturated heterocycles. The summed E-state index contributed by atoms with van der Waals surface area (Å²) < 4.78 is 7.97. The molecule has 1 atom stereocenters. The lowest BCUT2D eigenvalue weighted by atomic mass is 9.89. The third-order valence-electron chi connectivity index (χ3n) is 7.50. The molecule has 43 heavy (non-hydrogen) atoms. The number of hydrogen-bond donors (Lipinski definition) is 2. The number of thiophene rings is 1. The van der Waals surface area contributed by atoms with Crippen molar-refractivity contribution < 1.29 is 9.53 Å². The van der Waals surface area contributed by atoms with E-state index in [4.69, 9.17) is 15.5 Å². The molecule has 1 amide bonds. The second-order valence-electron chi connectivity index (χ2n) is 10.5. The molecule has 3 aromatic heterocycles. The van der Waals surface area contributed by atoms with Gasteiger partial charge in [0.2, 0.25) is 5.91 Å². The second-order valence-corrected chi connectivity index (χ2v) is 12.5. The number of nitrogens with zero attached hydrogens (tertiary/aromatic N) is 4. The fraction of sp³-hybridized carbons (Fsp3) is 0.367. The van der Waals surface area contributed by atoms with E-state index < -0.39 is 17.2 Å². The number of rotatable bonds is 11. The van der Waals surface area contributed by atoms with Crippen molar-refractivity contribution in [2.45, 2.75) is 44.4 Å². The molecule has 11 nitrogen and oxygen atoms in total. The summed E-state index contributed by atoms with van der Waals surface area (Å²) in [4.78, 5) is 63.4. The molecule has 0 aliphatic heterocycles. The summed E-state index contributed by atoms with van der Waals surface area (Å²) in [6.45, 7) is 6.51. The topological polar surface area (TPSA) is 145 Å². The minimum atomic E-state index is -0.775. The van der Waals surface area contributed by atoms with Gasteiger partial charge in [0.15, 0.2) is 10.8 Å². The molecule has 1 aliphatic carbocycles. The molecule has 1 aromatic carbocycles. The van der Waals surface area contributed by atoms with Crippen molar-refractivity contribution >= 4 is 50.7 Å². The molecule has 1 aliphatic rings. The molecule has 13 heteroatoms. The summed E-state index contributed by atoms with van der Waals surface area (Å²) in [5, 5.41) is 1.05. The number of nitrogen functional groups attached to an aromatic ring is 1. The summed E-state index contributed by atoms with van der Waals surface area (Å²) >= 11 is 2.65. The van der Waals surface area contributed by atoms with Crippen LogP contribution in [-0.4, -0.2) is 51.0 Å². The highest BCUT2D eigenvalue weighted by Crippen LogP contribution is 2.36. The number of hydrogen-bond acceptors (Lipinski definition) is 9. The first kappa shape index (κ1) is 30.5. The maximum Gasteiger partial charge on any atom is 0.330 e. The minimum Gasteiger partial charge on any atom is -0.383 e. The van der Waals surface area contributed by atoms with Gasteiger partial charge in [0.05, 0.1) is 24.3 Å². The maximum absolute atomic E-state index is 13.7. The third-order valence-corrected chi connectivity index (χ3v) is 9.61. The van der Waals surface area contributed by atoms with Crippen LogP contribution < -0.4 is 27.4 Å². The molecule has 0 saturated carbocycles. The van der Waals surface area contributed by atoms with Crippen LogP contribution in [0.2, 0.25) is 0 Å². The first-order chi connectivity index (χ1) is 20.7. The van der Waals surface area contributed by atoms with Crippen molar-refractivity contribution in [3.63, 3.8) is 0 Å². The zero-order chi connectivity index (χ0) is 30.7. The number of amides is 1. The van der Waals surface area contributed by atoms with Crippen LogP contribution in [0.5, 0.6) is 0 Å². The Bertz CT molecular complexity index is 1840. The Morgan fingerprint density at radius 1 is 1.28 bits per heavy atom. The molecule has 1 unspecified atom stereocenters. The predicted molar refractivity (Wildman–Crippen MR) is 171 cm³/mol. The number of ether oxygens (including phenoxy) is 1. The lowest BCUT2D eigenvalue weighted by Crippen LogP contribution is -2.43. The molecule has 0 bridgehead atoms. The van der Waals surface area contributed by atoms with Gasteiger partial charge in [-0.25, -0.2) is 9.78 Å². The van der Waals surface area contributed by atoms with Crippen molar-refractivity contribution in [1.82, 2.24) is 19.1 Å². The summed E-state index contributed by atoms with van der Waals surface area (Å²) in [7, 11) is 1.48. The number of H-pyrrole nitrogens is 1. The third kappa shape index (κ3) is 6.24. The van der Waals surface area contributed by atoms with Gasteiger partial charge in [0.1, 0.15) is 10.6 Å². The number of aromatic nitrogens is 4. The van der Waals surface area contributed by atoms with Crippen LogP contribution in [0.15, 0.2) is 62.5 Å². The normalized spacial score (nSPS) is 14.5. The van der Waals surface area contributed by atoms with Crippen molar-refractivity contribution in [1.29, 1.82) is 0 Å². The van der Waals surface area contributed by atoms with Gasteiger partial charge in [-0.15, -0.1) is 17.9 Å². The molecule has 3 N–H and O–H groups in total. The molecule has 0 fully saturated rings. The van der Waals surface area contributed by atoms with E-state index >= 15 is 0 Å². The van der Waals surface area contributed by atoms with Crippen molar-refractivity contribution in [2.75, 3.05) is 36.6 Å². The average molecular weight is 623 g/mol. The quantitative estimate of drug-likeness (QED) is 0.148. The number of methoxy groups -OCH3 is 1. The fourth-order valence-corrected chi connectivity index (χ4v) is 7.62. The van der Waals surface area contributed by atoms with Crippen LogP contribution in [0.3, 0.4) is 0 Å². The van der Waals surface area contributed by atoms with E-state index in [-0.39, 0.29) is 49.1 Å². The summed E-state index contributed by atoms with van der Waals surface area (Å²) in [6.07, 6.45) is 4.43. The van der Waals surface area contributed by atoms with E-state index in [1.54, 1.807) is 22.0 Å². The lowest BCUT2D eigenvalue weighted by molar-refractivity contribution is -0.116. The Morgan fingerprint density at radius 2 is 2.05 bits per heavy atom. The van der Waals surface area contributed by atoms with Gasteiger partial charge in [-0.2, -0.15) is 0 Å². The summed E-state index contributed by atoms with van der Waals surface area (Å²) in [5.74, 6) is -0.174. The number of aryl methyl sites for hydroxylation is 1. The molecular formula is C30H34N6O5S2. The SMILES string of the molecule is C=CCn1c(SCC(=O)N(CCOC)c2c(N)n(Cc3ccccc3)c(=O)[nH]c2=O)nc2sc3c(c2c1=O)CCC(C)C3. The van der Waals surface area contributed by atoms with Gasteiger partial charge in [-0.05, 0) is 36.3 Å². The number of anilines is 2. The molecule has 0 spiro atoms. The van der Waals surface area contributed by atoms with Gasteiger partial charge >= 0.3 is 5.69 Å². The molecule has 226 valence electrons. The fourth-order valence-electron chi connectivity index (χ4n) is 5.31. The van der Waals surface area contributed by atoms with Crippen molar-refractivity contribution in [3.8, 4) is 0 Å². The van der Waals surface area contributed by atoms with Crippen LogP contribution in [0.4, 0.5) is 11.5 Å². The number of carbonyl (C=O) groups is 1. The highest BCUT2D eigenvalue weighted by molar-refractivity contribution is 7.99. The number of fused-ring (bicyclic) bond motifs is 3. The van der Waals surface area contributed by atoms with Gasteiger partial charge in [-0.1, -0.05) is 55.1 Å². The van der Waals surface area contributed by atoms with E-state index in [0.717, 1.165) is 42.2 Å². The van der Waals surface area contributed by atoms with E-state index in [1.165, 1.54) is 21.5 Å². The first-order valence-corrected chi connectivity index (χ1v) is 15.8. The van der Waals surface area contributed by atoms with Crippen LogP contribution in [-0.2, 0) is 35.5 Å². The van der Waals surface area contributed by atoms with E-state index in [2.05, 4.69) is 18.5 Å². The standard InChI is InChI=1S/C30H34N6O5S2/c1-4-12-35-28(39)23-20-11-10-18(2)15-21(20)43-27(23)33-30(35)42-17-22(37)34(13-14-41-3)24-25(31)36(29(40)32-26(24)38)16-19-8-6-5-7-9-19/h4-9,18H,1,10-17,31H2,2-3H3,(H,32,38,40). The van der Waals surface area contributed by atoms with E-state index in [9.17, 15) is 19.2 Å². The zero-order valence-electron chi connectivity index (χ0n) is 24.1. The molecule has 3 heterocycles. The molecule has 5 rings (SSSR count). The summed E-state index contributed by atoms with van der Waals surface area (Å²) in [5.41, 5.74) is 6.55. The number of carbonyl (C=O) groups excluding carboxylic acids is 1. The Balaban J connectivity index is 1.48. The Kier molecular flexibility index (Phi) is 9.33. The smallest absolute Gasteiger partial charge is 0.330 e. The van der Waals surface area contributed by atoms with Crippen LogP contribution in [0.1, 0.15) is 29.3 Å². The van der Waals surface area contributed by atoms with Gasteiger partial charge in [-0.3, -0.25) is 28.5 Å². The van der Waals surface area contributed by atoms with E-state index in [0.29, 0.717) is 21.3 Å².